The van der Waals surface area contributed by atoms with Gasteiger partial charge in [-0.25, -0.2) is 0 Å². The van der Waals surface area contributed by atoms with E-state index in [0.29, 0.717) is 26.1 Å². The van der Waals surface area contributed by atoms with E-state index in [2.05, 4.69) is 124 Å². The summed E-state index contributed by atoms with van der Waals surface area (Å²) in [6.45, 7) is 16.4. The van der Waals surface area contributed by atoms with Crippen LogP contribution < -0.4 is 21.9 Å². The first-order chi connectivity index (χ1) is 27.5. The number of ether oxygens (including phenoxy) is 2. The second kappa shape index (κ2) is 22.8. The number of carbonyl (C=O) groups is 2. The molecule has 3 aliphatic rings. The van der Waals surface area contributed by atoms with Crippen molar-refractivity contribution in [3.8, 4) is 0 Å². The van der Waals surface area contributed by atoms with Gasteiger partial charge in [-0.2, -0.15) is 4.58 Å². The minimum absolute atomic E-state index is 0. The third-order valence-corrected chi connectivity index (χ3v) is 12.5. The fourth-order valence-corrected chi connectivity index (χ4v) is 8.88. The molecule has 2 heterocycles. The van der Waals surface area contributed by atoms with E-state index in [1.54, 1.807) is 0 Å². The minimum atomic E-state index is -0.147. The van der Waals surface area contributed by atoms with Crippen LogP contribution in [0.15, 0.2) is 94.7 Å². The van der Waals surface area contributed by atoms with Gasteiger partial charge in [0, 0.05) is 65.3 Å². The Bertz CT molecular complexity index is 1870. The van der Waals surface area contributed by atoms with Gasteiger partial charge >= 0.3 is 11.9 Å². The number of carbonyl (C=O) groups excluding carboxylic acids is 2. The van der Waals surface area contributed by atoms with Crippen molar-refractivity contribution < 1.29 is 40.6 Å². The largest absolute Gasteiger partial charge is 1.00 e. The number of anilines is 1. The highest BCUT2D eigenvalue weighted by Crippen LogP contribution is 2.48. The molecule has 2 aromatic rings. The van der Waals surface area contributed by atoms with Gasteiger partial charge in [0.1, 0.15) is 6.54 Å². The predicted molar refractivity (Wildman–Crippen MR) is 237 cm³/mol. The van der Waals surface area contributed by atoms with Crippen molar-refractivity contribution >= 4 is 40.6 Å². The maximum atomic E-state index is 12.1. The minimum Gasteiger partial charge on any atom is -1.00 e. The van der Waals surface area contributed by atoms with E-state index in [0.717, 1.165) is 102 Å². The molecule has 0 aromatic heterocycles. The van der Waals surface area contributed by atoms with Crippen molar-refractivity contribution in [2.45, 2.75) is 149 Å². The number of allylic oxidation sites excluding steroid dienone is 8. The molecule has 0 atom stereocenters. The van der Waals surface area contributed by atoms with E-state index in [1.165, 1.54) is 45.1 Å². The van der Waals surface area contributed by atoms with Crippen LogP contribution >= 0.6 is 11.6 Å². The highest BCUT2D eigenvalue weighted by atomic mass is 79.9. The van der Waals surface area contributed by atoms with Gasteiger partial charge in [0.2, 0.25) is 5.69 Å². The van der Waals surface area contributed by atoms with Crippen molar-refractivity contribution in [1.29, 1.82) is 0 Å². The molecule has 5 rings (SSSR count). The first-order valence-electron chi connectivity index (χ1n) is 21.9. The molecule has 2 aromatic carbocycles. The fraction of sp³-hybridized carbons (Fsp3) is 0.540. The first-order valence-corrected chi connectivity index (χ1v) is 22.3. The van der Waals surface area contributed by atoms with Gasteiger partial charge in [0.05, 0.1) is 18.6 Å². The summed E-state index contributed by atoms with van der Waals surface area (Å²) in [5.74, 6) is -0.152. The first kappa shape index (κ1) is 47.3. The maximum Gasteiger partial charge on any atom is 0.305 e. The molecule has 2 aliphatic heterocycles. The van der Waals surface area contributed by atoms with Gasteiger partial charge in [-0.05, 0) is 100 Å². The Kier molecular flexibility index (Phi) is 18.6. The molecule has 0 N–H and O–H groups in total. The lowest BCUT2D eigenvalue weighted by atomic mass is 9.81. The van der Waals surface area contributed by atoms with E-state index in [4.69, 9.17) is 21.1 Å². The van der Waals surface area contributed by atoms with E-state index in [9.17, 15) is 9.59 Å². The average molecular weight is 876 g/mol. The van der Waals surface area contributed by atoms with Gasteiger partial charge in [-0.3, -0.25) is 9.59 Å². The number of hydrogen-bond donors (Lipinski definition) is 0. The smallest absolute Gasteiger partial charge is 0.305 e. The molecule has 0 saturated heterocycles. The Balaban J connectivity index is 0.00000744. The summed E-state index contributed by atoms with van der Waals surface area (Å²) in [7, 11) is 0. The number of benzene rings is 2. The Morgan fingerprint density at radius 3 is 2.03 bits per heavy atom. The lowest BCUT2D eigenvalue weighted by Gasteiger charge is -2.27. The van der Waals surface area contributed by atoms with Crippen LogP contribution in [0.2, 0.25) is 0 Å². The van der Waals surface area contributed by atoms with Gasteiger partial charge < -0.3 is 31.4 Å². The summed E-state index contributed by atoms with van der Waals surface area (Å²) in [4.78, 5) is 26.8. The van der Waals surface area contributed by atoms with E-state index < -0.39 is 0 Å². The zero-order valence-electron chi connectivity index (χ0n) is 36.1. The van der Waals surface area contributed by atoms with Gasteiger partial charge in [0.25, 0.3) is 0 Å². The van der Waals surface area contributed by atoms with Crippen molar-refractivity contribution in [1.82, 2.24) is 0 Å². The van der Waals surface area contributed by atoms with Gasteiger partial charge in [0.15, 0.2) is 5.71 Å². The number of esters is 2. The molecule has 0 spiro atoms. The van der Waals surface area contributed by atoms with E-state index in [-0.39, 0.29) is 39.8 Å². The number of rotatable bonds is 21. The lowest BCUT2D eigenvalue weighted by Crippen LogP contribution is -3.00. The molecule has 0 fully saturated rings. The summed E-state index contributed by atoms with van der Waals surface area (Å²) < 4.78 is 13.2. The van der Waals surface area contributed by atoms with Gasteiger partial charge in [-0.1, -0.05) is 107 Å². The fourth-order valence-electron chi connectivity index (χ4n) is 8.57. The van der Waals surface area contributed by atoms with Crippen molar-refractivity contribution in [2.24, 2.45) is 0 Å². The summed E-state index contributed by atoms with van der Waals surface area (Å²) >= 11 is 7.30. The number of nitrogens with zero attached hydrogens (tertiary/aromatic N) is 2. The molecular formula is C50H68BrClN2O4. The SMILES string of the molecule is CCCCOC(=O)CCCCCN1C(=CC=C2CCCC(C=CC3=[N+](CCCCCC(=O)OCCCC)c4ccccc4C3(C)C)=C2Cl)C(C)(C)c2ccccc21.[Br-]. The Hall–Kier alpha value is -3.42. The second-order valence-electron chi connectivity index (χ2n) is 17.0. The van der Waals surface area contributed by atoms with Crippen LogP contribution in [-0.4, -0.2) is 48.5 Å². The molecular weight excluding hydrogens is 808 g/mol. The summed E-state index contributed by atoms with van der Waals surface area (Å²) in [5.41, 5.74) is 9.87. The van der Waals surface area contributed by atoms with Crippen LogP contribution in [0.1, 0.15) is 149 Å². The third kappa shape index (κ3) is 11.9. The molecule has 8 heteroatoms. The standard InChI is InChI=1S/C50H68ClN2O4.BrH/c1-7-9-36-56-46(54)28-13-11-19-34-52-42-26-17-15-24-40(42)49(3,4)44(52)32-30-38-22-21-23-39(48(38)51)31-33-45-50(5,6)41-25-16-18-27-43(41)53(45)35-20-12-14-29-47(55)57-37-10-8-2;/h15-18,24-27,30-33H,7-14,19-23,28-29,34-37H2,1-6H3;1H/q+1;/p-1. The lowest BCUT2D eigenvalue weighted by molar-refractivity contribution is -0.438. The van der Waals surface area contributed by atoms with E-state index in [1.807, 2.05) is 0 Å². The molecule has 1 aliphatic carbocycles. The highest BCUT2D eigenvalue weighted by molar-refractivity contribution is 6.32. The third-order valence-electron chi connectivity index (χ3n) is 12.0. The number of unbranched alkanes of at least 4 members (excludes halogenated alkanes) is 6. The number of halogens is 2. The quantitative estimate of drug-likeness (QED) is 0.0711. The molecule has 0 bridgehead atoms. The molecule has 0 unspecified atom stereocenters. The normalized spacial score (nSPS) is 18.2. The zero-order valence-corrected chi connectivity index (χ0v) is 38.5. The average Bonchev–Trinajstić information content (AvgIpc) is 3.55. The topological polar surface area (TPSA) is 58.8 Å². The predicted octanol–water partition coefficient (Wildman–Crippen LogP) is 9.72. The molecule has 0 saturated carbocycles. The summed E-state index contributed by atoms with van der Waals surface area (Å²) in [6, 6.07) is 17.5. The molecule has 0 radical (unpaired) electrons. The Labute approximate surface area is 365 Å². The van der Waals surface area contributed by atoms with Crippen LogP contribution in [0.4, 0.5) is 11.4 Å². The Morgan fingerprint density at radius 1 is 0.741 bits per heavy atom. The molecule has 6 nitrogen and oxygen atoms in total. The van der Waals surface area contributed by atoms with Crippen LogP contribution in [-0.2, 0) is 29.9 Å². The van der Waals surface area contributed by atoms with Crippen molar-refractivity contribution in [3.05, 3.63) is 106 Å². The van der Waals surface area contributed by atoms with Crippen LogP contribution in [0, 0.1) is 0 Å². The van der Waals surface area contributed by atoms with E-state index >= 15 is 0 Å². The monoisotopic (exact) mass is 874 g/mol. The van der Waals surface area contributed by atoms with Crippen LogP contribution in [0.3, 0.4) is 0 Å². The number of fused-ring (bicyclic) bond motifs is 2. The van der Waals surface area contributed by atoms with Crippen LogP contribution in [0.25, 0.3) is 0 Å². The second-order valence-corrected chi connectivity index (χ2v) is 17.4. The molecule has 58 heavy (non-hydrogen) atoms. The molecule has 316 valence electrons. The molecule has 0 amide bonds. The zero-order chi connectivity index (χ0) is 40.8. The highest BCUT2D eigenvalue weighted by Gasteiger charge is 2.44. The maximum absolute atomic E-state index is 12.1. The number of para-hydroxylation sites is 2. The van der Waals surface area contributed by atoms with Crippen molar-refractivity contribution in [3.63, 3.8) is 0 Å². The number of hydrogen-bond acceptors (Lipinski definition) is 5. The summed E-state index contributed by atoms with van der Waals surface area (Å²) in [6.07, 6.45) is 22.7. The Morgan fingerprint density at radius 2 is 1.36 bits per heavy atom. The summed E-state index contributed by atoms with van der Waals surface area (Å²) in [5, 5.41) is 0.867. The van der Waals surface area contributed by atoms with Crippen molar-refractivity contribution in [2.75, 3.05) is 31.2 Å². The van der Waals surface area contributed by atoms with Gasteiger partial charge in [-0.15, -0.1) is 0 Å². The van der Waals surface area contributed by atoms with Crippen LogP contribution in [0.5, 0.6) is 0 Å².